The monoisotopic (exact) mass is 281 g/mol. The number of carbonyl (C=O) groups excluding carboxylic acids is 1. The second kappa shape index (κ2) is 5.27. The molecule has 0 aliphatic rings. The number of methoxy groups -OCH3 is 1. The fourth-order valence-electron chi connectivity index (χ4n) is 1.55. The highest BCUT2D eigenvalue weighted by atomic mass is 35.5. The Balaban J connectivity index is 2.31. The van der Waals surface area contributed by atoms with E-state index in [2.05, 4.69) is 20.3 Å². The standard InChI is InChI=1S/C12H12ClN3O3/c1-6-4-9(10(18-3)5-8(6)13)14-12(17)11-7(2)15-19-16-11/h4-5H,1-3H3,(H,14,17). The van der Waals surface area contributed by atoms with E-state index in [9.17, 15) is 4.79 Å². The number of amides is 1. The molecule has 100 valence electrons. The van der Waals surface area contributed by atoms with Crippen molar-refractivity contribution in [3.8, 4) is 5.75 Å². The lowest BCUT2D eigenvalue weighted by atomic mass is 10.2. The molecule has 7 heteroatoms. The maximum atomic E-state index is 12.0. The quantitative estimate of drug-likeness (QED) is 0.936. The molecule has 0 bridgehead atoms. The first-order chi connectivity index (χ1) is 9.02. The van der Waals surface area contributed by atoms with Crippen molar-refractivity contribution in [2.24, 2.45) is 0 Å². The molecule has 2 rings (SSSR count). The molecule has 0 spiro atoms. The van der Waals surface area contributed by atoms with Crippen molar-refractivity contribution in [2.75, 3.05) is 12.4 Å². The summed E-state index contributed by atoms with van der Waals surface area (Å²) in [7, 11) is 1.50. The van der Waals surface area contributed by atoms with Gasteiger partial charge >= 0.3 is 0 Å². The zero-order chi connectivity index (χ0) is 14.0. The second-order valence-corrected chi connectivity index (χ2v) is 4.36. The van der Waals surface area contributed by atoms with Crippen molar-refractivity contribution in [3.63, 3.8) is 0 Å². The number of aromatic nitrogens is 2. The first-order valence-corrected chi connectivity index (χ1v) is 5.85. The SMILES string of the molecule is COc1cc(Cl)c(C)cc1NC(=O)c1nonc1C. The van der Waals surface area contributed by atoms with Crippen LogP contribution in [-0.2, 0) is 0 Å². The number of halogens is 1. The number of hydrogen-bond donors (Lipinski definition) is 1. The third kappa shape index (κ3) is 2.68. The number of aryl methyl sites for hydroxylation is 2. The van der Waals surface area contributed by atoms with Gasteiger partial charge in [0.25, 0.3) is 5.91 Å². The molecule has 6 nitrogen and oxygen atoms in total. The van der Waals surface area contributed by atoms with Gasteiger partial charge < -0.3 is 10.1 Å². The van der Waals surface area contributed by atoms with Crippen LogP contribution >= 0.6 is 11.6 Å². The third-order valence-electron chi connectivity index (χ3n) is 2.60. The Morgan fingerprint density at radius 3 is 2.68 bits per heavy atom. The molecule has 0 atom stereocenters. The van der Waals surface area contributed by atoms with Crippen LogP contribution in [0.2, 0.25) is 5.02 Å². The minimum atomic E-state index is -0.418. The smallest absolute Gasteiger partial charge is 0.279 e. The van der Waals surface area contributed by atoms with Gasteiger partial charge in [-0.15, -0.1) is 0 Å². The van der Waals surface area contributed by atoms with Crippen LogP contribution in [0.4, 0.5) is 5.69 Å². The largest absolute Gasteiger partial charge is 0.495 e. The predicted octanol–water partition coefficient (Wildman–Crippen LogP) is 2.60. The summed E-state index contributed by atoms with van der Waals surface area (Å²) in [5.41, 5.74) is 1.89. The average Bonchev–Trinajstić information content (AvgIpc) is 2.79. The zero-order valence-corrected chi connectivity index (χ0v) is 11.4. The number of ether oxygens (including phenoxy) is 1. The van der Waals surface area contributed by atoms with Crippen molar-refractivity contribution >= 4 is 23.2 Å². The predicted molar refractivity (Wildman–Crippen MR) is 69.7 cm³/mol. The average molecular weight is 282 g/mol. The fraction of sp³-hybridized carbons (Fsp3) is 0.250. The van der Waals surface area contributed by atoms with Crippen LogP contribution in [0, 0.1) is 13.8 Å². The van der Waals surface area contributed by atoms with Crippen LogP contribution in [0.5, 0.6) is 5.75 Å². The molecule has 1 aromatic carbocycles. The molecule has 0 fully saturated rings. The minimum absolute atomic E-state index is 0.134. The van der Waals surface area contributed by atoms with E-state index in [0.717, 1.165) is 5.56 Å². The summed E-state index contributed by atoms with van der Waals surface area (Å²) in [6.07, 6.45) is 0. The molecule has 1 N–H and O–H groups in total. The van der Waals surface area contributed by atoms with Crippen LogP contribution < -0.4 is 10.1 Å². The van der Waals surface area contributed by atoms with E-state index in [1.807, 2.05) is 6.92 Å². The summed E-state index contributed by atoms with van der Waals surface area (Å²) < 4.78 is 9.66. The number of nitrogens with one attached hydrogen (secondary N) is 1. The van der Waals surface area contributed by atoms with E-state index >= 15 is 0 Å². The molecular formula is C12H12ClN3O3. The molecule has 0 radical (unpaired) electrons. The van der Waals surface area contributed by atoms with Gasteiger partial charge in [-0.25, -0.2) is 4.63 Å². The highest BCUT2D eigenvalue weighted by Gasteiger charge is 2.17. The van der Waals surface area contributed by atoms with Crippen LogP contribution in [0.25, 0.3) is 0 Å². The van der Waals surface area contributed by atoms with E-state index in [0.29, 0.717) is 22.2 Å². The van der Waals surface area contributed by atoms with Gasteiger partial charge in [-0.2, -0.15) is 0 Å². The second-order valence-electron chi connectivity index (χ2n) is 3.95. The zero-order valence-electron chi connectivity index (χ0n) is 10.7. The lowest BCUT2D eigenvalue weighted by molar-refractivity contribution is 0.101. The molecule has 0 saturated heterocycles. The maximum Gasteiger partial charge on any atom is 0.279 e. The topological polar surface area (TPSA) is 77.2 Å². The van der Waals surface area contributed by atoms with Gasteiger partial charge in [0.2, 0.25) is 0 Å². The number of nitrogens with zero attached hydrogens (tertiary/aromatic N) is 2. The number of rotatable bonds is 3. The summed E-state index contributed by atoms with van der Waals surface area (Å²) in [5, 5.41) is 10.3. The molecule has 1 amide bonds. The van der Waals surface area contributed by atoms with Crippen molar-refractivity contribution < 1.29 is 14.2 Å². The number of benzene rings is 1. The minimum Gasteiger partial charge on any atom is -0.495 e. The van der Waals surface area contributed by atoms with Crippen molar-refractivity contribution in [3.05, 3.63) is 34.1 Å². The lowest BCUT2D eigenvalue weighted by Crippen LogP contribution is -2.14. The molecule has 1 heterocycles. The van der Waals surface area contributed by atoms with Gasteiger partial charge in [0.15, 0.2) is 5.69 Å². The summed E-state index contributed by atoms with van der Waals surface area (Å²) in [4.78, 5) is 12.0. The molecule has 19 heavy (non-hydrogen) atoms. The molecular weight excluding hydrogens is 270 g/mol. The Morgan fingerprint density at radius 2 is 2.11 bits per heavy atom. The molecule has 0 unspecified atom stereocenters. The van der Waals surface area contributed by atoms with Crippen LogP contribution in [-0.4, -0.2) is 23.3 Å². The fourth-order valence-corrected chi connectivity index (χ4v) is 1.70. The normalized spacial score (nSPS) is 10.3. The van der Waals surface area contributed by atoms with E-state index in [1.54, 1.807) is 19.1 Å². The molecule has 0 saturated carbocycles. The highest BCUT2D eigenvalue weighted by molar-refractivity contribution is 6.31. The summed E-state index contributed by atoms with van der Waals surface area (Å²) in [5.74, 6) is 0.0526. The van der Waals surface area contributed by atoms with Gasteiger partial charge in [0.1, 0.15) is 11.4 Å². The van der Waals surface area contributed by atoms with E-state index in [-0.39, 0.29) is 5.69 Å². The van der Waals surface area contributed by atoms with E-state index < -0.39 is 5.91 Å². The van der Waals surface area contributed by atoms with Gasteiger partial charge in [-0.1, -0.05) is 16.8 Å². The Hall–Kier alpha value is -2.08. The lowest BCUT2D eigenvalue weighted by Gasteiger charge is -2.11. The van der Waals surface area contributed by atoms with Crippen molar-refractivity contribution in [1.82, 2.24) is 10.3 Å². The summed E-state index contributed by atoms with van der Waals surface area (Å²) in [6.45, 7) is 3.47. The maximum absolute atomic E-state index is 12.0. The molecule has 0 aliphatic carbocycles. The van der Waals surface area contributed by atoms with Crippen LogP contribution in [0.3, 0.4) is 0 Å². The first-order valence-electron chi connectivity index (χ1n) is 5.47. The van der Waals surface area contributed by atoms with Gasteiger partial charge in [0, 0.05) is 11.1 Å². The van der Waals surface area contributed by atoms with Gasteiger partial charge in [-0.3, -0.25) is 4.79 Å². The highest BCUT2D eigenvalue weighted by Crippen LogP contribution is 2.31. The van der Waals surface area contributed by atoms with E-state index in [1.165, 1.54) is 7.11 Å². The van der Waals surface area contributed by atoms with Gasteiger partial charge in [0.05, 0.1) is 12.8 Å². The van der Waals surface area contributed by atoms with Crippen molar-refractivity contribution in [2.45, 2.75) is 13.8 Å². The van der Waals surface area contributed by atoms with Crippen molar-refractivity contribution in [1.29, 1.82) is 0 Å². The molecule has 2 aromatic rings. The summed E-state index contributed by atoms with van der Waals surface area (Å²) in [6, 6.07) is 3.36. The third-order valence-corrected chi connectivity index (χ3v) is 3.00. The van der Waals surface area contributed by atoms with Gasteiger partial charge in [-0.05, 0) is 30.6 Å². The Morgan fingerprint density at radius 1 is 1.37 bits per heavy atom. The first kappa shape index (κ1) is 13.4. The van der Waals surface area contributed by atoms with Crippen LogP contribution in [0.1, 0.15) is 21.7 Å². The van der Waals surface area contributed by atoms with E-state index in [4.69, 9.17) is 16.3 Å². The molecule has 0 aliphatic heterocycles. The number of anilines is 1. The number of hydrogen-bond acceptors (Lipinski definition) is 5. The molecule has 1 aromatic heterocycles. The number of carbonyl (C=O) groups is 1. The Labute approximate surface area is 114 Å². The Bertz CT molecular complexity index is 625. The Kier molecular flexibility index (Phi) is 3.71. The summed E-state index contributed by atoms with van der Waals surface area (Å²) >= 11 is 6.00. The van der Waals surface area contributed by atoms with Crippen LogP contribution in [0.15, 0.2) is 16.8 Å².